The van der Waals surface area contributed by atoms with Crippen LogP contribution in [-0.4, -0.2) is 20.9 Å². The third kappa shape index (κ3) is 4.97. The molecule has 3 rings (SSSR count). The van der Waals surface area contributed by atoms with Gasteiger partial charge in [0.2, 0.25) is 0 Å². The van der Waals surface area contributed by atoms with E-state index in [1.54, 1.807) is 24.3 Å². The van der Waals surface area contributed by atoms with Crippen molar-refractivity contribution in [3.8, 4) is 16.9 Å². The molecule has 144 valence electrons. The SMILES string of the molecule is Cc1ccc(S(=O)(=O)NNC(=O)COc2ccccc2-c2ccccc2)cc1. The minimum absolute atomic E-state index is 0.0636. The van der Waals surface area contributed by atoms with Gasteiger partial charge in [0.1, 0.15) is 5.75 Å². The Morgan fingerprint density at radius 1 is 0.893 bits per heavy atom. The van der Waals surface area contributed by atoms with Crippen LogP contribution >= 0.6 is 0 Å². The van der Waals surface area contributed by atoms with Crippen LogP contribution in [0, 0.1) is 6.92 Å². The highest BCUT2D eigenvalue weighted by molar-refractivity contribution is 7.89. The Kier molecular flexibility index (Phi) is 6.08. The molecule has 3 aromatic carbocycles. The molecule has 28 heavy (non-hydrogen) atoms. The van der Waals surface area contributed by atoms with Crippen LogP contribution in [0.25, 0.3) is 11.1 Å². The largest absolute Gasteiger partial charge is 0.483 e. The first kappa shape index (κ1) is 19.6. The lowest BCUT2D eigenvalue weighted by Crippen LogP contribution is -2.43. The molecular weight excluding hydrogens is 376 g/mol. The lowest BCUT2D eigenvalue weighted by Gasteiger charge is -2.12. The van der Waals surface area contributed by atoms with E-state index in [-0.39, 0.29) is 11.5 Å². The van der Waals surface area contributed by atoms with Gasteiger partial charge in [0.15, 0.2) is 6.61 Å². The Labute approximate surface area is 164 Å². The van der Waals surface area contributed by atoms with Gasteiger partial charge in [-0.1, -0.05) is 66.2 Å². The number of sulfonamides is 1. The molecule has 0 saturated heterocycles. The molecule has 7 heteroatoms. The summed E-state index contributed by atoms with van der Waals surface area (Å²) < 4.78 is 30.0. The molecule has 6 nitrogen and oxygen atoms in total. The summed E-state index contributed by atoms with van der Waals surface area (Å²) in [5, 5.41) is 0. The van der Waals surface area contributed by atoms with Crippen molar-refractivity contribution in [2.75, 3.05) is 6.61 Å². The Morgan fingerprint density at radius 3 is 2.25 bits per heavy atom. The maximum absolute atomic E-state index is 12.2. The molecule has 0 saturated carbocycles. The van der Waals surface area contributed by atoms with Crippen molar-refractivity contribution in [3.63, 3.8) is 0 Å². The van der Waals surface area contributed by atoms with Crippen LogP contribution in [0.2, 0.25) is 0 Å². The van der Waals surface area contributed by atoms with Crippen LogP contribution in [0.4, 0.5) is 0 Å². The number of aryl methyl sites for hydroxylation is 1. The van der Waals surface area contributed by atoms with E-state index in [0.29, 0.717) is 5.75 Å². The fourth-order valence-corrected chi connectivity index (χ4v) is 3.39. The number of hydrazine groups is 1. The molecule has 0 heterocycles. The second kappa shape index (κ2) is 8.69. The van der Waals surface area contributed by atoms with Crippen molar-refractivity contribution in [2.45, 2.75) is 11.8 Å². The first-order valence-corrected chi connectivity index (χ1v) is 10.1. The van der Waals surface area contributed by atoms with Gasteiger partial charge in [0, 0.05) is 5.56 Å². The van der Waals surface area contributed by atoms with Gasteiger partial charge in [-0.2, -0.15) is 0 Å². The average Bonchev–Trinajstić information content (AvgIpc) is 2.72. The molecule has 3 aromatic rings. The van der Waals surface area contributed by atoms with Gasteiger partial charge in [-0.15, -0.1) is 4.83 Å². The summed E-state index contributed by atoms with van der Waals surface area (Å²) in [7, 11) is -3.84. The molecule has 0 unspecified atom stereocenters. The van der Waals surface area contributed by atoms with E-state index in [2.05, 4.69) is 10.3 Å². The Balaban J connectivity index is 1.60. The summed E-state index contributed by atoms with van der Waals surface area (Å²) in [6.07, 6.45) is 0. The minimum Gasteiger partial charge on any atom is -0.483 e. The molecule has 0 aliphatic rings. The number of benzene rings is 3. The monoisotopic (exact) mass is 396 g/mol. The zero-order chi connectivity index (χ0) is 20.0. The Morgan fingerprint density at radius 2 is 1.54 bits per heavy atom. The number of nitrogens with one attached hydrogen (secondary N) is 2. The highest BCUT2D eigenvalue weighted by Crippen LogP contribution is 2.29. The summed E-state index contributed by atoms with van der Waals surface area (Å²) >= 11 is 0. The Bertz CT molecular complexity index is 1050. The molecule has 0 fully saturated rings. The zero-order valence-corrected chi connectivity index (χ0v) is 16.1. The maximum Gasteiger partial charge on any atom is 0.272 e. The van der Waals surface area contributed by atoms with Crippen molar-refractivity contribution in [1.82, 2.24) is 10.3 Å². The highest BCUT2D eigenvalue weighted by Gasteiger charge is 2.15. The van der Waals surface area contributed by atoms with Crippen LogP contribution in [0.3, 0.4) is 0 Å². The van der Waals surface area contributed by atoms with E-state index < -0.39 is 15.9 Å². The normalized spacial score (nSPS) is 11.0. The summed E-state index contributed by atoms with van der Waals surface area (Å²) in [5.74, 6) is -0.0798. The second-order valence-corrected chi connectivity index (χ2v) is 7.80. The number of para-hydroxylation sites is 1. The molecule has 1 amide bonds. The molecule has 0 radical (unpaired) electrons. The fraction of sp³-hybridized carbons (Fsp3) is 0.0952. The molecule has 0 bridgehead atoms. The van der Waals surface area contributed by atoms with Gasteiger partial charge in [-0.25, -0.2) is 8.42 Å². The van der Waals surface area contributed by atoms with Gasteiger partial charge < -0.3 is 4.74 Å². The number of carbonyl (C=O) groups is 1. The van der Waals surface area contributed by atoms with Crippen molar-refractivity contribution in [3.05, 3.63) is 84.4 Å². The topological polar surface area (TPSA) is 84.5 Å². The summed E-state index contributed by atoms with van der Waals surface area (Å²) in [6.45, 7) is 1.52. The first-order valence-electron chi connectivity index (χ1n) is 8.60. The van der Waals surface area contributed by atoms with Gasteiger partial charge in [-0.3, -0.25) is 10.2 Å². The predicted octanol–water partition coefficient (Wildman–Crippen LogP) is 3.05. The van der Waals surface area contributed by atoms with Crippen LogP contribution in [0.15, 0.2) is 83.8 Å². The van der Waals surface area contributed by atoms with Crippen LogP contribution in [0.1, 0.15) is 5.56 Å². The molecule has 0 aliphatic carbocycles. The third-order valence-corrected chi connectivity index (χ3v) is 5.25. The van der Waals surface area contributed by atoms with E-state index in [4.69, 9.17) is 4.74 Å². The molecule has 2 N–H and O–H groups in total. The number of hydrogen-bond donors (Lipinski definition) is 2. The Hall–Kier alpha value is -3.16. The summed E-state index contributed by atoms with van der Waals surface area (Å²) in [6, 6.07) is 23.3. The summed E-state index contributed by atoms with van der Waals surface area (Å²) in [4.78, 5) is 14.2. The second-order valence-electron chi connectivity index (χ2n) is 6.12. The van der Waals surface area contributed by atoms with E-state index in [0.717, 1.165) is 16.7 Å². The summed E-state index contributed by atoms with van der Waals surface area (Å²) in [5.41, 5.74) is 4.90. The van der Waals surface area contributed by atoms with Gasteiger partial charge in [0.05, 0.1) is 4.90 Å². The molecule has 0 aliphatic heterocycles. The van der Waals surface area contributed by atoms with Crippen molar-refractivity contribution >= 4 is 15.9 Å². The van der Waals surface area contributed by atoms with E-state index in [9.17, 15) is 13.2 Å². The smallest absolute Gasteiger partial charge is 0.272 e. The molecule has 0 atom stereocenters. The van der Waals surface area contributed by atoms with E-state index in [1.807, 2.05) is 49.4 Å². The van der Waals surface area contributed by atoms with Crippen molar-refractivity contribution < 1.29 is 17.9 Å². The lowest BCUT2D eigenvalue weighted by atomic mass is 10.1. The van der Waals surface area contributed by atoms with Crippen LogP contribution < -0.4 is 15.0 Å². The molecular formula is C21H20N2O4S. The highest BCUT2D eigenvalue weighted by atomic mass is 32.2. The van der Waals surface area contributed by atoms with E-state index in [1.165, 1.54) is 12.1 Å². The van der Waals surface area contributed by atoms with E-state index >= 15 is 0 Å². The van der Waals surface area contributed by atoms with Crippen LogP contribution in [0.5, 0.6) is 5.75 Å². The van der Waals surface area contributed by atoms with Crippen LogP contribution in [-0.2, 0) is 14.8 Å². The third-order valence-electron chi connectivity index (χ3n) is 3.99. The van der Waals surface area contributed by atoms with Crippen molar-refractivity contribution in [1.29, 1.82) is 0 Å². The number of carbonyl (C=O) groups excluding carboxylic acids is 1. The quantitative estimate of drug-likeness (QED) is 0.601. The predicted molar refractivity (Wildman–Crippen MR) is 107 cm³/mol. The number of ether oxygens (including phenoxy) is 1. The minimum atomic E-state index is -3.84. The first-order chi connectivity index (χ1) is 13.5. The maximum atomic E-state index is 12.2. The van der Waals surface area contributed by atoms with Crippen molar-refractivity contribution in [2.24, 2.45) is 0 Å². The van der Waals surface area contributed by atoms with Gasteiger partial charge in [-0.05, 0) is 30.7 Å². The lowest BCUT2D eigenvalue weighted by molar-refractivity contribution is -0.123. The number of amides is 1. The standard InChI is InChI=1S/C21H20N2O4S/c1-16-11-13-18(14-12-16)28(25,26)23-22-21(24)15-27-20-10-6-5-9-19(20)17-7-3-2-4-8-17/h2-14,23H,15H2,1H3,(H,22,24). The number of rotatable bonds is 7. The number of hydrogen-bond acceptors (Lipinski definition) is 4. The fourth-order valence-electron chi connectivity index (χ4n) is 2.53. The van der Waals surface area contributed by atoms with Gasteiger partial charge in [0.25, 0.3) is 15.9 Å². The zero-order valence-electron chi connectivity index (χ0n) is 15.3. The molecule has 0 aromatic heterocycles. The van der Waals surface area contributed by atoms with Gasteiger partial charge >= 0.3 is 0 Å². The average molecular weight is 396 g/mol. The molecule has 0 spiro atoms.